The molecule has 1 unspecified atom stereocenters. The van der Waals surface area contributed by atoms with E-state index in [0.29, 0.717) is 5.92 Å². The minimum absolute atomic E-state index is 0.0523. The van der Waals surface area contributed by atoms with Crippen LogP contribution in [-0.2, 0) is 0 Å². The molecule has 0 amide bonds. The smallest absolute Gasteiger partial charge is 0.0543 e. The van der Waals surface area contributed by atoms with E-state index in [1.54, 1.807) is 0 Å². The number of hydrogen-bond acceptors (Lipinski definition) is 2. The number of nitrogens with two attached hydrogens (primary N) is 1. The summed E-state index contributed by atoms with van der Waals surface area (Å²) in [7, 11) is 0. The van der Waals surface area contributed by atoms with Crippen molar-refractivity contribution in [3.8, 4) is 0 Å². The lowest BCUT2D eigenvalue weighted by molar-refractivity contribution is 0.178. The van der Waals surface area contributed by atoms with Gasteiger partial charge >= 0.3 is 0 Å². The maximum absolute atomic E-state index is 8.98. The van der Waals surface area contributed by atoms with Crippen LogP contribution in [0.15, 0.2) is 0 Å². The molecule has 1 aliphatic carbocycles. The molecule has 0 radical (unpaired) electrons. The third-order valence-corrected chi connectivity index (χ3v) is 1.85. The van der Waals surface area contributed by atoms with Gasteiger partial charge in [0, 0.05) is 0 Å². The second kappa shape index (κ2) is 2.46. The molecule has 2 heteroatoms. The second-order valence-corrected chi connectivity index (χ2v) is 2.57. The summed E-state index contributed by atoms with van der Waals surface area (Å²) in [6.07, 6.45) is 2.96. The van der Waals surface area contributed by atoms with Gasteiger partial charge in [-0.05, 0) is 31.7 Å². The highest BCUT2D eigenvalue weighted by molar-refractivity contribution is 4.74. The van der Waals surface area contributed by atoms with E-state index < -0.39 is 0 Å². The van der Waals surface area contributed by atoms with Crippen LogP contribution in [-0.4, -0.2) is 17.8 Å². The van der Waals surface area contributed by atoms with Crippen LogP contribution in [0.2, 0.25) is 0 Å². The average molecular weight is 115 g/mol. The van der Waals surface area contributed by atoms with Crippen LogP contribution in [0.3, 0.4) is 0 Å². The Labute approximate surface area is 49.7 Å². The first kappa shape index (κ1) is 6.05. The topological polar surface area (TPSA) is 46.2 Å². The maximum Gasteiger partial charge on any atom is 0.0543 e. The monoisotopic (exact) mass is 115 g/mol. The van der Waals surface area contributed by atoms with Gasteiger partial charge in [0.25, 0.3) is 0 Å². The van der Waals surface area contributed by atoms with E-state index in [0.717, 1.165) is 25.8 Å². The first-order chi connectivity index (χ1) is 3.83. The fourth-order valence-corrected chi connectivity index (χ4v) is 1.26. The van der Waals surface area contributed by atoms with Gasteiger partial charge in [0.1, 0.15) is 0 Å². The molecule has 0 aromatic rings. The Morgan fingerprint density at radius 2 is 2.25 bits per heavy atom. The fourth-order valence-electron chi connectivity index (χ4n) is 1.26. The zero-order valence-corrected chi connectivity index (χ0v) is 5.01. The third kappa shape index (κ3) is 1.20. The molecule has 0 spiro atoms. The van der Waals surface area contributed by atoms with Crippen molar-refractivity contribution in [2.24, 2.45) is 11.7 Å². The van der Waals surface area contributed by atoms with E-state index in [1.807, 2.05) is 0 Å². The molecule has 3 N–H and O–H groups in total. The minimum Gasteiger partial charge on any atom is -0.393 e. The molecule has 0 aliphatic heterocycles. The Hall–Kier alpha value is -0.0800. The van der Waals surface area contributed by atoms with Gasteiger partial charge in [-0.25, -0.2) is 0 Å². The Kier molecular flexibility index (Phi) is 1.86. The highest BCUT2D eigenvalue weighted by Crippen LogP contribution is 2.23. The summed E-state index contributed by atoms with van der Waals surface area (Å²) < 4.78 is 0. The lowest BCUT2D eigenvalue weighted by atomic mass is 10.1. The Morgan fingerprint density at radius 3 is 2.50 bits per heavy atom. The van der Waals surface area contributed by atoms with Gasteiger partial charge in [0.05, 0.1) is 6.10 Å². The lowest BCUT2D eigenvalue weighted by Crippen LogP contribution is -2.11. The molecular formula is C6H13NO. The molecule has 0 aromatic heterocycles. The molecule has 1 rings (SSSR count). The predicted octanol–water partition coefficient (Wildman–Crippen LogP) is 0.106. The number of aliphatic hydroxyl groups excluding tert-OH is 1. The van der Waals surface area contributed by atoms with Crippen molar-refractivity contribution >= 4 is 0 Å². The fraction of sp³-hybridized carbons (Fsp3) is 1.00. The molecule has 1 saturated carbocycles. The van der Waals surface area contributed by atoms with Crippen molar-refractivity contribution in [2.75, 3.05) is 6.54 Å². The van der Waals surface area contributed by atoms with Crippen molar-refractivity contribution in [2.45, 2.75) is 25.4 Å². The molecule has 8 heavy (non-hydrogen) atoms. The highest BCUT2D eigenvalue weighted by Gasteiger charge is 2.20. The van der Waals surface area contributed by atoms with Gasteiger partial charge in [0.15, 0.2) is 0 Å². The summed E-state index contributed by atoms with van der Waals surface area (Å²) in [5.74, 6) is 0.602. The standard InChI is InChI=1S/C6H13NO/c7-4-5-1-2-6(8)3-5/h5-6,8H,1-4,7H2/t5?,6-/m1/s1. The highest BCUT2D eigenvalue weighted by atomic mass is 16.3. The Bertz CT molecular complexity index is 74.9. The van der Waals surface area contributed by atoms with Gasteiger partial charge in [-0.1, -0.05) is 0 Å². The predicted molar refractivity (Wildman–Crippen MR) is 32.4 cm³/mol. The number of hydrogen-bond donors (Lipinski definition) is 2. The van der Waals surface area contributed by atoms with Crippen molar-refractivity contribution in [3.63, 3.8) is 0 Å². The largest absolute Gasteiger partial charge is 0.393 e. The zero-order valence-electron chi connectivity index (χ0n) is 5.01. The van der Waals surface area contributed by atoms with Gasteiger partial charge in [-0.15, -0.1) is 0 Å². The van der Waals surface area contributed by atoms with Crippen LogP contribution >= 0.6 is 0 Å². The number of rotatable bonds is 1. The number of aliphatic hydroxyl groups is 1. The zero-order chi connectivity index (χ0) is 5.98. The van der Waals surface area contributed by atoms with Crippen LogP contribution in [0.25, 0.3) is 0 Å². The molecule has 1 aliphatic rings. The summed E-state index contributed by atoms with van der Waals surface area (Å²) in [5, 5.41) is 8.98. The van der Waals surface area contributed by atoms with Crippen LogP contribution in [0, 0.1) is 5.92 Å². The van der Waals surface area contributed by atoms with Crippen LogP contribution < -0.4 is 5.73 Å². The average Bonchev–Trinajstić information content (AvgIpc) is 2.14. The van der Waals surface area contributed by atoms with Crippen molar-refractivity contribution in [1.29, 1.82) is 0 Å². The van der Waals surface area contributed by atoms with Crippen molar-refractivity contribution in [3.05, 3.63) is 0 Å². The van der Waals surface area contributed by atoms with Crippen molar-refractivity contribution in [1.82, 2.24) is 0 Å². The van der Waals surface area contributed by atoms with Gasteiger partial charge in [-0.3, -0.25) is 0 Å². The van der Waals surface area contributed by atoms with Gasteiger partial charge in [-0.2, -0.15) is 0 Å². The van der Waals surface area contributed by atoms with Crippen molar-refractivity contribution < 1.29 is 5.11 Å². The molecule has 2 nitrogen and oxygen atoms in total. The molecule has 0 saturated heterocycles. The van der Waals surface area contributed by atoms with E-state index >= 15 is 0 Å². The van der Waals surface area contributed by atoms with Crippen LogP contribution in [0.5, 0.6) is 0 Å². The third-order valence-electron chi connectivity index (χ3n) is 1.85. The molecule has 0 heterocycles. The molecule has 48 valence electrons. The van der Waals surface area contributed by atoms with Gasteiger partial charge in [0.2, 0.25) is 0 Å². The molecule has 0 bridgehead atoms. The lowest BCUT2D eigenvalue weighted by Gasteiger charge is -2.01. The van der Waals surface area contributed by atoms with Crippen LogP contribution in [0.1, 0.15) is 19.3 Å². The van der Waals surface area contributed by atoms with Gasteiger partial charge < -0.3 is 10.8 Å². The van der Waals surface area contributed by atoms with E-state index in [2.05, 4.69) is 0 Å². The molecule has 0 aromatic carbocycles. The first-order valence-corrected chi connectivity index (χ1v) is 3.21. The minimum atomic E-state index is -0.0523. The maximum atomic E-state index is 8.98. The summed E-state index contributed by atoms with van der Waals surface area (Å²) in [6.45, 7) is 0.747. The van der Waals surface area contributed by atoms with E-state index in [9.17, 15) is 0 Å². The normalized spacial score (nSPS) is 38.2. The van der Waals surface area contributed by atoms with E-state index in [1.165, 1.54) is 0 Å². The first-order valence-electron chi connectivity index (χ1n) is 3.21. The summed E-state index contributed by atoms with van der Waals surface area (Å²) in [5.41, 5.74) is 5.38. The second-order valence-electron chi connectivity index (χ2n) is 2.57. The Morgan fingerprint density at radius 1 is 1.50 bits per heavy atom. The summed E-state index contributed by atoms with van der Waals surface area (Å²) in [4.78, 5) is 0. The molecular weight excluding hydrogens is 102 g/mol. The Balaban J connectivity index is 2.22. The van der Waals surface area contributed by atoms with Crippen LogP contribution in [0.4, 0.5) is 0 Å². The SMILES string of the molecule is NCC1CC[C@@H](O)C1. The molecule has 2 atom stereocenters. The summed E-state index contributed by atoms with van der Waals surface area (Å²) in [6, 6.07) is 0. The quantitative estimate of drug-likeness (QED) is 0.509. The summed E-state index contributed by atoms with van der Waals surface area (Å²) >= 11 is 0. The molecule has 1 fully saturated rings. The van der Waals surface area contributed by atoms with E-state index in [4.69, 9.17) is 10.8 Å². The van der Waals surface area contributed by atoms with E-state index in [-0.39, 0.29) is 6.10 Å².